The van der Waals surface area contributed by atoms with Crippen LogP contribution < -0.4 is 11.2 Å². The lowest BCUT2D eigenvalue weighted by Crippen LogP contribution is -2.38. The van der Waals surface area contributed by atoms with Crippen molar-refractivity contribution in [3.05, 3.63) is 27.2 Å². The van der Waals surface area contributed by atoms with Crippen molar-refractivity contribution < 1.29 is 0 Å². The Balaban J connectivity index is 1.93. The monoisotopic (exact) mass is 291 g/mol. The number of imidazole rings is 1. The lowest BCUT2D eigenvalue weighted by atomic mass is 10.1. The lowest BCUT2D eigenvalue weighted by Gasteiger charge is -2.26. The maximum Gasteiger partial charge on any atom is 0.332 e. The Bertz CT molecular complexity index is 764. The van der Waals surface area contributed by atoms with Crippen molar-refractivity contribution in [1.29, 1.82) is 0 Å². The fraction of sp³-hybridized carbons (Fsp3) is 0.643. The molecular formula is C14H21N5O2. The molecule has 0 N–H and O–H groups in total. The predicted molar refractivity (Wildman–Crippen MR) is 80.5 cm³/mol. The smallest absolute Gasteiger partial charge is 0.323 e. The maximum absolute atomic E-state index is 12.3. The molecule has 1 saturated heterocycles. The zero-order valence-corrected chi connectivity index (χ0v) is 12.6. The van der Waals surface area contributed by atoms with Gasteiger partial charge in [0, 0.05) is 27.2 Å². The fourth-order valence-corrected chi connectivity index (χ4v) is 3.00. The molecule has 3 rings (SSSR count). The van der Waals surface area contributed by atoms with Crippen LogP contribution in [0.1, 0.15) is 19.3 Å². The van der Waals surface area contributed by atoms with Gasteiger partial charge in [0.05, 0.1) is 6.33 Å². The van der Waals surface area contributed by atoms with Gasteiger partial charge >= 0.3 is 5.69 Å². The molecule has 0 bridgehead atoms. The largest absolute Gasteiger partial charge is 0.332 e. The zero-order chi connectivity index (χ0) is 15.0. The van der Waals surface area contributed by atoms with Crippen LogP contribution in [0, 0.1) is 0 Å². The SMILES string of the molecule is Cn1c(=O)c2c(ncn2CCN2CCCCC2)n(C)c1=O. The van der Waals surface area contributed by atoms with E-state index in [1.165, 1.54) is 30.9 Å². The quantitative estimate of drug-likeness (QED) is 0.793. The summed E-state index contributed by atoms with van der Waals surface area (Å²) in [6, 6.07) is 0. The van der Waals surface area contributed by atoms with E-state index in [1.807, 2.05) is 4.57 Å². The van der Waals surface area contributed by atoms with Crippen molar-refractivity contribution in [2.24, 2.45) is 14.1 Å². The Morgan fingerprint density at radius 2 is 1.76 bits per heavy atom. The van der Waals surface area contributed by atoms with Gasteiger partial charge in [-0.1, -0.05) is 6.42 Å². The first-order chi connectivity index (χ1) is 10.1. The number of rotatable bonds is 3. The van der Waals surface area contributed by atoms with Gasteiger partial charge in [-0.15, -0.1) is 0 Å². The fourth-order valence-electron chi connectivity index (χ4n) is 3.00. The van der Waals surface area contributed by atoms with Gasteiger partial charge < -0.3 is 9.47 Å². The van der Waals surface area contributed by atoms with Crippen molar-refractivity contribution in [2.75, 3.05) is 19.6 Å². The number of fused-ring (bicyclic) bond motifs is 1. The molecule has 0 radical (unpaired) electrons. The lowest BCUT2D eigenvalue weighted by molar-refractivity contribution is 0.221. The van der Waals surface area contributed by atoms with Gasteiger partial charge in [0.2, 0.25) is 0 Å². The molecule has 7 nitrogen and oxygen atoms in total. The molecular weight excluding hydrogens is 270 g/mol. The number of hydrogen-bond donors (Lipinski definition) is 0. The summed E-state index contributed by atoms with van der Waals surface area (Å²) in [5.74, 6) is 0. The van der Waals surface area contributed by atoms with Crippen LogP contribution >= 0.6 is 0 Å². The van der Waals surface area contributed by atoms with Crippen LogP contribution in [-0.2, 0) is 20.6 Å². The standard InChI is InChI=1S/C14H21N5O2/c1-16-12-11(13(20)17(2)14(16)21)19(10-15-12)9-8-18-6-4-3-5-7-18/h10H,3-9H2,1-2H3. The highest BCUT2D eigenvalue weighted by molar-refractivity contribution is 5.69. The van der Waals surface area contributed by atoms with Crippen LogP contribution in [0.4, 0.5) is 0 Å². The molecule has 0 aromatic carbocycles. The maximum atomic E-state index is 12.3. The van der Waals surface area contributed by atoms with Gasteiger partial charge in [-0.25, -0.2) is 9.78 Å². The number of piperidine rings is 1. The minimum Gasteiger partial charge on any atom is -0.323 e. The minimum atomic E-state index is -0.339. The summed E-state index contributed by atoms with van der Waals surface area (Å²) >= 11 is 0. The van der Waals surface area contributed by atoms with Gasteiger partial charge in [-0.05, 0) is 25.9 Å². The van der Waals surface area contributed by atoms with Crippen LogP contribution in [-0.4, -0.2) is 43.2 Å². The zero-order valence-electron chi connectivity index (χ0n) is 12.6. The van der Waals surface area contributed by atoms with E-state index in [-0.39, 0.29) is 11.2 Å². The van der Waals surface area contributed by atoms with Gasteiger partial charge in [-0.2, -0.15) is 0 Å². The highest BCUT2D eigenvalue weighted by Gasteiger charge is 2.15. The first kappa shape index (κ1) is 14.1. The summed E-state index contributed by atoms with van der Waals surface area (Å²) in [7, 11) is 3.15. The summed E-state index contributed by atoms with van der Waals surface area (Å²) in [6.07, 6.45) is 5.48. The summed E-state index contributed by atoms with van der Waals surface area (Å²) in [4.78, 5) is 30.9. The van der Waals surface area contributed by atoms with Crippen molar-refractivity contribution in [3.63, 3.8) is 0 Å². The molecule has 0 spiro atoms. The van der Waals surface area contributed by atoms with E-state index in [4.69, 9.17) is 0 Å². The van der Waals surface area contributed by atoms with Gasteiger partial charge in [-0.3, -0.25) is 13.9 Å². The van der Waals surface area contributed by atoms with Crippen molar-refractivity contribution >= 4 is 11.2 Å². The molecule has 1 fully saturated rings. The van der Waals surface area contributed by atoms with Crippen LogP contribution in [0.2, 0.25) is 0 Å². The predicted octanol–water partition coefficient (Wildman–Crippen LogP) is -0.0804. The van der Waals surface area contributed by atoms with E-state index in [0.717, 1.165) is 30.7 Å². The van der Waals surface area contributed by atoms with Crippen LogP contribution in [0.5, 0.6) is 0 Å². The van der Waals surface area contributed by atoms with Crippen molar-refractivity contribution in [3.8, 4) is 0 Å². The van der Waals surface area contributed by atoms with Crippen LogP contribution in [0.25, 0.3) is 11.2 Å². The molecule has 21 heavy (non-hydrogen) atoms. The Kier molecular flexibility index (Phi) is 3.67. The van der Waals surface area contributed by atoms with Gasteiger partial charge in [0.1, 0.15) is 0 Å². The molecule has 0 unspecified atom stereocenters. The van der Waals surface area contributed by atoms with Gasteiger partial charge in [0.15, 0.2) is 11.2 Å². The first-order valence-electron chi connectivity index (χ1n) is 7.43. The Hall–Kier alpha value is -1.89. The van der Waals surface area contributed by atoms with Crippen molar-refractivity contribution in [2.45, 2.75) is 25.8 Å². The van der Waals surface area contributed by atoms with E-state index >= 15 is 0 Å². The summed E-state index contributed by atoms with van der Waals surface area (Å²) in [5, 5.41) is 0. The molecule has 0 saturated carbocycles. The molecule has 114 valence electrons. The summed E-state index contributed by atoms with van der Waals surface area (Å²) < 4.78 is 4.43. The number of aryl methyl sites for hydroxylation is 1. The molecule has 0 atom stereocenters. The number of hydrogen-bond acceptors (Lipinski definition) is 4. The Morgan fingerprint density at radius 1 is 1.05 bits per heavy atom. The highest BCUT2D eigenvalue weighted by Crippen LogP contribution is 2.10. The van der Waals surface area contributed by atoms with Crippen molar-refractivity contribution in [1.82, 2.24) is 23.6 Å². The van der Waals surface area contributed by atoms with E-state index in [9.17, 15) is 9.59 Å². The molecule has 2 aromatic heterocycles. The highest BCUT2D eigenvalue weighted by atomic mass is 16.2. The average Bonchev–Trinajstić information content (AvgIpc) is 2.94. The number of nitrogens with zero attached hydrogens (tertiary/aromatic N) is 5. The summed E-state index contributed by atoms with van der Waals surface area (Å²) in [6.45, 7) is 3.90. The Labute approximate surface area is 122 Å². The number of aromatic nitrogens is 4. The molecule has 7 heteroatoms. The molecule has 0 aliphatic carbocycles. The number of likely N-dealkylation sites (tertiary alicyclic amines) is 1. The molecule has 2 aromatic rings. The second kappa shape index (κ2) is 5.48. The molecule has 0 amide bonds. The van der Waals surface area contributed by atoms with E-state index in [2.05, 4.69) is 9.88 Å². The average molecular weight is 291 g/mol. The van der Waals surface area contributed by atoms with Crippen LogP contribution in [0.15, 0.2) is 15.9 Å². The molecule has 1 aliphatic rings. The Morgan fingerprint density at radius 3 is 2.48 bits per heavy atom. The second-order valence-corrected chi connectivity index (χ2v) is 5.72. The second-order valence-electron chi connectivity index (χ2n) is 5.72. The first-order valence-corrected chi connectivity index (χ1v) is 7.43. The van der Waals surface area contributed by atoms with Gasteiger partial charge in [0.25, 0.3) is 5.56 Å². The minimum absolute atomic E-state index is 0.274. The van der Waals surface area contributed by atoms with E-state index in [0.29, 0.717) is 11.2 Å². The third-order valence-corrected chi connectivity index (χ3v) is 4.32. The molecule has 1 aliphatic heterocycles. The van der Waals surface area contributed by atoms with E-state index in [1.54, 1.807) is 13.4 Å². The molecule has 3 heterocycles. The van der Waals surface area contributed by atoms with E-state index < -0.39 is 0 Å². The third kappa shape index (κ3) is 2.42. The normalized spacial score (nSPS) is 16.7. The topological polar surface area (TPSA) is 65.1 Å². The summed E-state index contributed by atoms with van der Waals surface area (Å²) in [5.41, 5.74) is 0.358. The van der Waals surface area contributed by atoms with Crippen LogP contribution in [0.3, 0.4) is 0 Å². The third-order valence-electron chi connectivity index (χ3n) is 4.32.